The molecule has 1 N–H and O–H groups in total. The second-order valence-electron chi connectivity index (χ2n) is 8.36. The number of furan rings is 1. The standard InChI is InChI=1S/C25H26N2O4/c1-3-26-8-10-27(11-9-26)15-19-20(28)12-16(2)23-24(29)22(31-25(19)23)14-18-13-17-6-4-5-7-21(17)30-18/h4-7,12-14,28H,3,8-11,15H2,1-2H3/b22-14-. The Morgan fingerprint density at radius 2 is 1.97 bits per heavy atom. The lowest BCUT2D eigenvalue weighted by molar-refractivity contribution is -0.918. The largest absolute Gasteiger partial charge is 0.872 e. The van der Waals surface area contributed by atoms with Gasteiger partial charge in [0.05, 0.1) is 18.7 Å². The smallest absolute Gasteiger partial charge is 0.232 e. The number of nitrogens with zero attached hydrogens (tertiary/aromatic N) is 1. The van der Waals surface area contributed by atoms with E-state index in [-0.39, 0.29) is 17.3 Å². The fourth-order valence-electron chi connectivity index (χ4n) is 4.55. The van der Waals surface area contributed by atoms with E-state index in [1.807, 2.05) is 30.3 Å². The van der Waals surface area contributed by atoms with Crippen molar-refractivity contribution in [2.24, 2.45) is 0 Å². The van der Waals surface area contributed by atoms with Crippen molar-refractivity contribution in [3.05, 3.63) is 64.6 Å². The number of nitrogens with one attached hydrogen (secondary N) is 1. The molecule has 0 unspecified atom stereocenters. The molecule has 2 aromatic carbocycles. The molecular formula is C25H26N2O4. The lowest BCUT2D eigenvalue weighted by atomic mass is 9.99. The number of quaternary nitrogens is 1. The fraction of sp³-hybridized carbons (Fsp3) is 0.320. The molecule has 1 saturated heterocycles. The van der Waals surface area contributed by atoms with Crippen LogP contribution in [0, 0.1) is 6.92 Å². The van der Waals surface area contributed by atoms with Crippen molar-refractivity contribution in [1.29, 1.82) is 0 Å². The molecule has 1 aromatic heterocycles. The lowest BCUT2D eigenvalue weighted by Gasteiger charge is -2.32. The van der Waals surface area contributed by atoms with Gasteiger partial charge in [0.15, 0.2) is 5.76 Å². The number of likely N-dealkylation sites (N-methyl/N-ethyl adjacent to an activating group) is 1. The molecule has 6 nitrogen and oxygen atoms in total. The first-order valence-electron chi connectivity index (χ1n) is 10.9. The maximum Gasteiger partial charge on any atom is 0.232 e. The number of allylic oxidation sites excluding steroid dienone is 1. The van der Waals surface area contributed by atoms with E-state index < -0.39 is 0 Å². The molecule has 0 atom stereocenters. The van der Waals surface area contributed by atoms with Crippen molar-refractivity contribution >= 4 is 22.8 Å². The van der Waals surface area contributed by atoms with Crippen molar-refractivity contribution in [2.45, 2.75) is 20.4 Å². The molecule has 3 heterocycles. The molecule has 5 rings (SSSR count). The average molecular weight is 418 g/mol. The van der Waals surface area contributed by atoms with Crippen LogP contribution in [0.25, 0.3) is 17.0 Å². The molecular weight excluding hydrogens is 392 g/mol. The van der Waals surface area contributed by atoms with Crippen LogP contribution in [0.1, 0.15) is 34.2 Å². The van der Waals surface area contributed by atoms with Gasteiger partial charge in [-0.2, -0.15) is 0 Å². The van der Waals surface area contributed by atoms with Gasteiger partial charge in [-0.15, -0.1) is 0 Å². The maximum absolute atomic E-state index is 13.1. The Bertz CT molecular complexity index is 1150. The van der Waals surface area contributed by atoms with E-state index in [0.717, 1.165) is 43.7 Å². The number of carbonyl (C=O) groups is 1. The summed E-state index contributed by atoms with van der Waals surface area (Å²) in [7, 11) is 0. The molecule has 0 spiro atoms. The Morgan fingerprint density at radius 1 is 1.19 bits per heavy atom. The number of rotatable bonds is 4. The minimum Gasteiger partial charge on any atom is -0.872 e. The number of para-hydroxylation sites is 1. The zero-order chi connectivity index (χ0) is 21.5. The Morgan fingerprint density at radius 3 is 2.71 bits per heavy atom. The van der Waals surface area contributed by atoms with Crippen LogP contribution in [0.3, 0.4) is 0 Å². The monoisotopic (exact) mass is 418 g/mol. The number of fused-ring (bicyclic) bond motifs is 2. The van der Waals surface area contributed by atoms with Crippen molar-refractivity contribution in [3.63, 3.8) is 0 Å². The van der Waals surface area contributed by atoms with E-state index in [9.17, 15) is 9.90 Å². The van der Waals surface area contributed by atoms with E-state index in [0.29, 0.717) is 34.7 Å². The van der Waals surface area contributed by atoms with E-state index in [1.54, 1.807) is 19.1 Å². The third-order valence-corrected chi connectivity index (χ3v) is 6.36. The van der Waals surface area contributed by atoms with Crippen LogP contribution in [0.4, 0.5) is 0 Å². The molecule has 0 amide bonds. The predicted molar refractivity (Wildman–Crippen MR) is 116 cm³/mol. The van der Waals surface area contributed by atoms with E-state index in [2.05, 4.69) is 11.8 Å². The Hall–Kier alpha value is -3.09. The number of benzene rings is 2. The topological polar surface area (TPSA) is 70.2 Å². The van der Waals surface area contributed by atoms with E-state index in [4.69, 9.17) is 9.15 Å². The summed E-state index contributed by atoms with van der Waals surface area (Å²) in [6, 6.07) is 11.1. The summed E-state index contributed by atoms with van der Waals surface area (Å²) in [6.45, 7) is 9.58. The molecule has 31 heavy (non-hydrogen) atoms. The van der Waals surface area contributed by atoms with E-state index >= 15 is 0 Å². The zero-order valence-electron chi connectivity index (χ0n) is 17.9. The summed E-state index contributed by atoms with van der Waals surface area (Å²) < 4.78 is 11.8. The normalized spacial score (nSPS) is 18.6. The van der Waals surface area contributed by atoms with Crippen LogP contribution in [-0.2, 0) is 6.54 Å². The summed E-state index contributed by atoms with van der Waals surface area (Å²) in [5.41, 5.74) is 2.52. The van der Waals surface area contributed by atoms with E-state index in [1.165, 1.54) is 4.90 Å². The van der Waals surface area contributed by atoms with Gasteiger partial charge in [0.2, 0.25) is 5.78 Å². The number of carbonyl (C=O) groups excluding carboxylic acids is 1. The van der Waals surface area contributed by atoms with Crippen LogP contribution < -0.4 is 14.7 Å². The number of ether oxygens (including phenoxy) is 1. The highest BCUT2D eigenvalue weighted by atomic mass is 16.5. The second kappa shape index (κ2) is 7.87. The first-order valence-corrected chi connectivity index (χ1v) is 10.9. The van der Waals surface area contributed by atoms with Gasteiger partial charge in [0.1, 0.15) is 23.6 Å². The number of aryl methyl sites for hydroxylation is 1. The number of hydrogen-bond donors (Lipinski definition) is 1. The van der Waals surface area contributed by atoms with Crippen LogP contribution in [0.5, 0.6) is 11.5 Å². The number of piperazine rings is 1. The minimum atomic E-state index is -0.194. The lowest BCUT2D eigenvalue weighted by Crippen LogP contribution is -3.13. The third kappa shape index (κ3) is 3.62. The molecule has 2 aliphatic heterocycles. The SMILES string of the molecule is CCN1CC[NH+](Cc2c([O-])cc(C)c3c2O/C(=C\c2cc4ccccc4o2)C3=O)CC1. The third-order valence-electron chi connectivity index (χ3n) is 6.36. The van der Waals surface area contributed by atoms with Gasteiger partial charge < -0.3 is 19.2 Å². The first-order chi connectivity index (χ1) is 15.0. The zero-order valence-corrected chi connectivity index (χ0v) is 17.9. The van der Waals surface area contributed by atoms with Crippen LogP contribution in [-0.4, -0.2) is 43.4 Å². The van der Waals surface area contributed by atoms with Crippen molar-refractivity contribution < 1.29 is 24.0 Å². The molecule has 6 heteroatoms. The molecule has 1 fully saturated rings. The van der Waals surface area contributed by atoms with Gasteiger partial charge in [0.25, 0.3) is 0 Å². The van der Waals surface area contributed by atoms with Crippen molar-refractivity contribution in [1.82, 2.24) is 4.90 Å². The van der Waals surface area contributed by atoms with Gasteiger partial charge in [-0.3, -0.25) is 9.69 Å². The van der Waals surface area contributed by atoms with Gasteiger partial charge >= 0.3 is 0 Å². The van der Waals surface area contributed by atoms with Crippen molar-refractivity contribution in [2.75, 3.05) is 32.7 Å². The fourth-order valence-corrected chi connectivity index (χ4v) is 4.55. The summed E-state index contributed by atoms with van der Waals surface area (Å²) in [6.07, 6.45) is 1.63. The predicted octanol–water partition coefficient (Wildman–Crippen LogP) is 2.15. The second-order valence-corrected chi connectivity index (χ2v) is 8.36. The van der Waals surface area contributed by atoms with Crippen LogP contribution in [0.2, 0.25) is 0 Å². The van der Waals surface area contributed by atoms with Crippen LogP contribution >= 0.6 is 0 Å². The molecule has 0 aliphatic carbocycles. The Kier molecular flexibility index (Phi) is 5.04. The summed E-state index contributed by atoms with van der Waals surface area (Å²) in [5.74, 6) is 0.942. The number of hydrogen-bond acceptors (Lipinski definition) is 5. The highest BCUT2D eigenvalue weighted by Crippen LogP contribution is 2.40. The van der Waals surface area contributed by atoms with Gasteiger partial charge in [-0.1, -0.05) is 36.9 Å². The van der Waals surface area contributed by atoms with Gasteiger partial charge in [0, 0.05) is 30.1 Å². The molecule has 0 radical (unpaired) electrons. The van der Waals surface area contributed by atoms with Gasteiger partial charge in [-0.25, -0.2) is 0 Å². The summed E-state index contributed by atoms with van der Waals surface area (Å²) in [4.78, 5) is 16.9. The minimum absolute atomic E-state index is 0.0561. The van der Waals surface area contributed by atoms with Crippen molar-refractivity contribution in [3.8, 4) is 11.5 Å². The summed E-state index contributed by atoms with van der Waals surface area (Å²) in [5, 5.41) is 13.8. The summed E-state index contributed by atoms with van der Waals surface area (Å²) >= 11 is 0. The first kappa shape index (κ1) is 19.8. The highest BCUT2D eigenvalue weighted by molar-refractivity contribution is 6.15. The average Bonchev–Trinajstić information content (AvgIpc) is 3.32. The molecule has 0 bridgehead atoms. The molecule has 160 valence electrons. The highest BCUT2D eigenvalue weighted by Gasteiger charge is 2.33. The van der Waals surface area contributed by atoms with Gasteiger partial charge in [-0.05, 0) is 31.2 Å². The van der Waals surface area contributed by atoms with Crippen LogP contribution in [0.15, 0.2) is 46.6 Å². The number of ketones is 1. The maximum atomic E-state index is 13.1. The Labute approximate surface area is 181 Å². The molecule has 3 aromatic rings. The molecule has 0 saturated carbocycles. The number of Topliss-reactive ketones (excluding diaryl/α,β-unsaturated/α-hetero) is 1. The molecule has 2 aliphatic rings. The Balaban J connectivity index is 1.46. The quantitative estimate of drug-likeness (QED) is 0.658.